The van der Waals surface area contributed by atoms with Gasteiger partial charge in [-0.2, -0.15) is 0 Å². The number of carbonyl (C=O) groups is 3. The molecule has 1 aliphatic heterocycles. The van der Waals surface area contributed by atoms with Crippen molar-refractivity contribution in [3.8, 4) is 17.4 Å². The smallest absolute Gasteiger partial charge is 0.259 e. The predicted molar refractivity (Wildman–Crippen MR) is 197 cm³/mol. The molecule has 6 rings (SSSR count). The number of nitrogens with zero attached hydrogens (tertiary/aromatic N) is 2. The minimum atomic E-state index is -3.90. The molecule has 52 heavy (non-hydrogen) atoms. The van der Waals surface area contributed by atoms with Crippen molar-refractivity contribution in [2.45, 2.75) is 75.4 Å². The summed E-state index contributed by atoms with van der Waals surface area (Å²) >= 11 is 6.35. The molecule has 5 atom stereocenters. The number of fused-ring (bicyclic) bond motifs is 1. The van der Waals surface area contributed by atoms with Gasteiger partial charge >= 0.3 is 0 Å². The Morgan fingerprint density at radius 3 is 2.58 bits per heavy atom. The Bertz CT molecular complexity index is 2050. The molecule has 3 amide bonds. The van der Waals surface area contributed by atoms with Crippen LogP contribution >= 0.6 is 11.6 Å². The maximum absolute atomic E-state index is 14.8. The Hall–Kier alpha value is -4.56. The van der Waals surface area contributed by atoms with Crippen molar-refractivity contribution in [2.24, 2.45) is 11.3 Å². The molecule has 15 heteroatoms. The van der Waals surface area contributed by atoms with Crippen LogP contribution in [0.3, 0.4) is 0 Å². The van der Waals surface area contributed by atoms with Crippen molar-refractivity contribution in [1.82, 2.24) is 19.9 Å². The monoisotopic (exact) mass is 754 g/mol. The van der Waals surface area contributed by atoms with Gasteiger partial charge in [-0.05, 0) is 55.0 Å². The maximum Gasteiger partial charge on any atom is 0.259 e. The number of benzene rings is 2. The molecule has 0 radical (unpaired) electrons. The lowest BCUT2D eigenvalue weighted by atomic mass is 9.85. The molecule has 1 saturated heterocycles. The zero-order chi connectivity index (χ0) is 38.3. The molecular weight excluding hydrogens is 710 g/mol. The van der Waals surface area contributed by atoms with Crippen molar-refractivity contribution in [3.63, 3.8) is 0 Å². The van der Waals surface area contributed by atoms with Crippen molar-refractivity contribution >= 4 is 55.8 Å². The summed E-state index contributed by atoms with van der Waals surface area (Å²) < 4.78 is 53.2. The van der Waals surface area contributed by atoms with Crippen LogP contribution in [-0.2, 0) is 24.4 Å². The molecule has 2 heterocycles. The third-order valence-corrected chi connectivity index (χ3v) is 11.8. The summed E-state index contributed by atoms with van der Waals surface area (Å²) in [5.41, 5.74) is -1.91. The molecule has 3 N–H and O–H groups in total. The maximum atomic E-state index is 14.8. The number of anilines is 1. The number of aromatic nitrogens is 1. The van der Waals surface area contributed by atoms with Crippen LogP contribution in [0.5, 0.6) is 17.4 Å². The standard InChI is InChI=1S/C37H44ClN5O8S/c1-7-21-18-37(21,35(46)42-52(47,48)26-12-13-26)41-32(44)29-17-25(51-33-28-15-22(38)11-14-27(28)30(50-6)19-39-33)20-43(29)34(45)31(36(2,3)4)40-23-9-8-10-24(16-23)49-5/h7-11,14-16,19,21,25-26,29,31,40H,1,12-13,17-18,20H2,2-6H3,(H,41,44)(H,42,46)/t21-,25-,29+,31-,37-/m1/s1/i2D. The summed E-state index contributed by atoms with van der Waals surface area (Å²) in [6.07, 6.45) is 3.34. The Morgan fingerprint density at radius 1 is 1.15 bits per heavy atom. The average molecular weight is 755 g/mol. The lowest BCUT2D eigenvalue weighted by molar-refractivity contribution is -0.141. The quantitative estimate of drug-likeness (QED) is 0.213. The minimum Gasteiger partial charge on any atom is -0.497 e. The van der Waals surface area contributed by atoms with Crippen LogP contribution in [-0.4, -0.2) is 85.8 Å². The number of hydrogen-bond donors (Lipinski definition) is 3. The van der Waals surface area contributed by atoms with E-state index in [1.54, 1.807) is 56.3 Å². The first-order valence-corrected chi connectivity index (χ1v) is 18.9. The van der Waals surface area contributed by atoms with Crippen LogP contribution in [0.15, 0.2) is 61.3 Å². The first-order chi connectivity index (χ1) is 25.2. The van der Waals surface area contributed by atoms with Gasteiger partial charge in [0.2, 0.25) is 27.7 Å². The van der Waals surface area contributed by atoms with E-state index in [-0.39, 0.29) is 32.2 Å². The first kappa shape index (κ1) is 35.8. The molecule has 2 saturated carbocycles. The number of amides is 3. The van der Waals surface area contributed by atoms with Crippen LogP contribution in [0.25, 0.3) is 10.8 Å². The van der Waals surface area contributed by atoms with Gasteiger partial charge in [0.15, 0.2) is 0 Å². The highest BCUT2D eigenvalue weighted by Crippen LogP contribution is 2.46. The molecule has 1 aromatic heterocycles. The van der Waals surface area contributed by atoms with Crippen LogP contribution in [0.1, 0.15) is 47.8 Å². The van der Waals surface area contributed by atoms with Crippen molar-refractivity contribution in [2.75, 3.05) is 26.1 Å². The molecule has 0 bridgehead atoms. The molecule has 0 spiro atoms. The number of methoxy groups -OCH3 is 2. The minimum absolute atomic E-state index is 0.0113. The van der Waals surface area contributed by atoms with E-state index in [4.69, 9.17) is 27.2 Å². The highest BCUT2D eigenvalue weighted by Gasteiger charge is 2.62. The van der Waals surface area contributed by atoms with Gasteiger partial charge in [0.1, 0.15) is 35.2 Å². The summed E-state index contributed by atoms with van der Waals surface area (Å²) in [4.78, 5) is 48.5. The molecule has 2 aromatic carbocycles. The van der Waals surface area contributed by atoms with Crippen LogP contribution in [0.4, 0.5) is 5.69 Å². The third kappa shape index (κ3) is 7.49. The fraction of sp³-hybridized carbons (Fsp3) is 0.459. The van der Waals surface area contributed by atoms with E-state index in [2.05, 4.69) is 26.9 Å². The topological polar surface area (TPSA) is 165 Å². The highest BCUT2D eigenvalue weighted by atomic mass is 35.5. The second kappa shape index (κ2) is 14.1. The molecule has 278 valence electrons. The Morgan fingerprint density at radius 2 is 1.92 bits per heavy atom. The van der Waals surface area contributed by atoms with Crippen LogP contribution in [0.2, 0.25) is 5.02 Å². The van der Waals surface area contributed by atoms with E-state index in [9.17, 15) is 22.8 Å². The van der Waals surface area contributed by atoms with E-state index in [1.165, 1.54) is 31.4 Å². The number of likely N-dealkylation sites (tertiary alicyclic amines) is 1. The van der Waals surface area contributed by atoms with E-state index < -0.39 is 68.1 Å². The number of hydrogen-bond acceptors (Lipinski definition) is 10. The first-order valence-electron chi connectivity index (χ1n) is 17.7. The van der Waals surface area contributed by atoms with Gasteiger partial charge in [-0.3, -0.25) is 19.1 Å². The molecule has 3 aromatic rings. The second-order valence-corrected chi connectivity index (χ2v) is 16.7. The number of nitrogens with one attached hydrogen (secondary N) is 3. The molecule has 2 aliphatic carbocycles. The van der Waals surface area contributed by atoms with Gasteiger partial charge in [0.05, 0.1) is 32.2 Å². The van der Waals surface area contributed by atoms with Gasteiger partial charge in [0.25, 0.3) is 5.91 Å². The summed E-state index contributed by atoms with van der Waals surface area (Å²) in [6.45, 7) is 7.17. The summed E-state index contributed by atoms with van der Waals surface area (Å²) in [5.74, 6) is -1.22. The van der Waals surface area contributed by atoms with Gasteiger partial charge < -0.3 is 29.7 Å². The number of rotatable bonds is 13. The lowest BCUT2D eigenvalue weighted by Crippen LogP contribution is -2.58. The SMILES string of the molecule is [2H]CC(C)(C)[C@H](Nc1cccc(OC)c1)C(=O)N1C[C@H](Oc2ncc(OC)c3ccc(Cl)cc23)C[C@H]1C(=O)N[C@]1(C(=O)NS(=O)(=O)C2CC2)C[C@H]1C=C. The van der Waals surface area contributed by atoms with Crippen molar-refractivity contribution in [3.05, 3.63) is 66.3 Å². The largest absolute Gasteiger partial charge is 0.497 e. The summed E-state index contributed by atoms with van der Waals surface area (Å²) in [7, 11) is -0.852. The van der Waals surface area contributed by atoms with Gasteiger partial charge in [-0.25, -0.2) is 13.4 Å². The second-order valence-electron chi connectivity index (χ2n) is 14.3. The predicted octanol–water partition coefficient (Wildman–Crippen LogP) is 4.45. The molecule has 3 aliphatic rings. The number of sulfonamides is 1. The molecule has 13 nitrogen and oxygen atoms in total. The van der Waals surface area contributed by atoms with E-state index in [1.807, 2.05) is 0 Å². The fourth-order valence-corrected chi connectivity index (χ4v) is 8.15. The van der Waals surface area contributed by atoms with Crippen molar-refractivity contribution < 1.29 is 38.4 Å². The van der Waals surface area contributed by atoms with Gasteiger partial charge in [-0.1, -0.05) is 44.5 Å². The van der Waals surface area contributed by atoms with Crippen molar-refractivity contribution in [1.29, 1.82) is 0 Å². The van der Waals surface area contributed by atoms with Gasteiger partial charge in [0, 0.05) is 41.3 Å². The zero-order valence-corrected chi connectivity index (χ0v) is 31.1. The normalized spacial score (nSPS) is 23.6. The highest BCUT2D eigenvalue weighted by molar-refractivity contribution is 7.91. The van der Waals surface area contributed by atoms with E-state index >= 15 is 0 Å². The Balaban J connectivity index is 1.33. The molecular formula is C37H44ClN5O8S. The average Bonchev–Trinajstić information content (AvgIpc) is 4.07. The summed E-state index contributed by atoms with van der Waals surface area (Å²) in [6, 6.07) is 10.1. The number of halogens is 1. The number of pyridine rings is 1. The zero-order valence-electron chi connectivity index (χ0n) is 30.5. The van der Waals surface area contributed by atoms with E-state index in [0.717, 1.165) is 0 Å². The fourth-order valence-electron chi connectivity index (χ4n) is 6.61. The van der Waals surface area contributed by atoms with E-state index in [0.29, 0.717) is 45.8 Å². The molecule has 3 fully saturated rings. The van der Waals surface area contributed by atoms with Crippen LogP contribution < -0.4 is 29.6 Å². The third-order valence-electron chi connectivity index (χ3n) is 9.78. The molecule has 0 unspecified atom stereocenters. The Kier molecular flexibility index (Phi) is 9.72. The summed E-state index contributed by atoms with van der Waals surface area (Å²) in [5, 5.41) is 7.14. The number of ether oxygens (including phenoxy) is 3. The lowest BCUT2D eigenvalue weighted by Gasteiger charge is -2.36. The Labute approximate surface area is 309 Å². The number of carbonyl (C=O) groups excluding carboxylic acids is 3. The van der Waals surface area contributed by atoms with Gasteiger partial charge in [-0.15, -0.1) is 6.58 Å². The van der Waals surface area contributed by atoms with Crippen LogP contribution in [0, 0.1) is 11.3 Å².